The Bertz CT molecular complexity index is 847. The van der Waals surface area contributed by atoms with Crippen LogP contribution in [-0.2, 0) is 0 Å². The Morgan fingerprint density at radius 2 is 1.86 bits per heavy atom. The summed E-state index contributed by atoms with van der Waals surface area (Å²) in [4.78, 5) is 15.5. The predicted octanol–water partition coefficient (Wildman–Crippen LogP) is 1.18. The summed E-state index contributed by atoms with van der Waals surface area (Å²) in [5, 5.41) is 4.08. The summed E-state index contributed by atoms with van der Waals surface area (Å²) in [6.45, 7) is 3.18. The average Bonchev–Trinajstić information content (AvgIpc) is 2.68. The summed E-state index contributed by atoms with van der Waals surface area (Å²) < 4.78 is 13.1. The van der Waals surface area contributed by atoms with E-state index in [2.05, 4.69) is 25.3 Å². The van der Waals surface area contributed by atoms with E-state index < -0.39 is 0 Å². The topological polar surface area (TPSA) is 85.9 Å². The molecule has 0 saturated carbocycles. The van der Waals surface area contributed by atoms with Crippen LogP contribution in [0.25, 0.3) is 0 Å². The van der Waals surface area contributed by atoms with E-state index in [4.69, 9.17) is 22.9 Å². The lowest BCUT2D eigenvalue weighted by atomic mass is 10.2. The molecule has 0 atom stereocenters. The van der Waals surface area contributed by atoms with Crippen molar-refractivity contribution in [1.82, 2.24) is 15.4 Å². The summed E-state index contributed by atoms with van der Waals surface area (Å²) in [7, 11) is 3.83. The smallest absolute Gasteiger partial charge is 0.227 e. The molecule has 10 heteroatoms. The highest BCUT2D eigenvalue weighted by Gasteiger charge is 2.20. The lowest BCUT2D eigenvalue weighted by Crippen LogP contribution is -2.47. The van der Waals surface area contributed by atoms with E-state index in [1.54, 1.807) is 24.5 Å². The summed E-state index contributed by atoms with van der Waals surface area (Å²) in [5.41, 5.74) is 9.67. The summed E-state index contributed by atoms with van der Waals surface area (Å²) >= 11 is 4.73. The average molecular weight is 403 g/mol. The number of piperazine rings is 1. The van der Waals surface area contributed by atoms with Gasteiger partial charge >= 0.3 is 0 Å². The zero-order chi connectivity index (χ0) is 20.1. The second kappa shape index (κ2) is 8.79. The molecule has 0 spiro atoms. The first-order chi connectivity index (χ1) is 13.4. The minimum absolute atomic E-state index is 0.0965. The van der Waals surface area contributed by atoms with Gasteiger partial charge in [-0.3, -0.25) is 5.43 Å². The molecule has 28 heavy (non-hydrogen) atoms. The van der Waals surface area contributed by atoms with E-state index in [0.717, 1.165) is 43.2 Å². The molecular formula is C18H23FN8S. The van der Waals surface area contributed by atoms with Crippen molar-refractivity contribution in [3.05, 3.63) is 41.8 Å². The number of anilines is 3. The third-order valence-electron chi connectivity index (χ3n) is 4.34. The van der Waals surface area contributed by atoms with Crippen LogP contribution in [0.4, 0.5) is 21.8 Å². The molecule has 2 heterocycles. The van der Waals surface area contributed by atoms with E-state index in [-0.39, 0.29) is 10.9 Å². The van der Waals surface area contributed by atoms with Gasteiger partial charge in [0.1, 0.15) is 11.6 Å². The van der Waals surface area contributed by atoms with E-state index in [9.17, 15) is 4.39 Å². The summed E-state index contributed by atoms with van der Waals surface area (Å²) in [6, 6.07) is 6.59. The third-order valence-corrected chi connectivity index (χ3v) is 4.43. The van der Waals surface area contributed by atoms with Gasteiger partial charge in [0.15, 0.2) is 5.11 Å². The molecule has 8 nitrogen and oxygen atoms in total. The Balaban J connectivity index is 1.70. The number of nitrogens with zero attached hydrogens (tertiary/aromatic N) is 6. The molecule has 1 fully saturated rings. The van der Waals surface area contributed by atoms with E-state index in [1.165, 1.54) is 12.1 Å². The Labute approximate surface area is 168 Å². The number of hydrogen-bond donors (Lipinski definition) is 2. The van der Waals surface area contributed by atoms with Crippen molar-refractivity contribution in [2.24, 2.45) is 10.8 Å². The molecule has 1 aromatic carbocycles. The Morgan fingerprint density at radius 1 is 1.21 bits per heavy atom. The molecular weight excluding hydrogens is 379 g/mol. The zero-order valence-electron chi connectivity index (χ0n) is 15.8. The molecule has 3 rings (SSSR count). The van der Waals surface area contributed by atoms with Gasteiger partial charge in [0.2, 0.25) is 5.95 Å². The van der Waals surface area contributed by atoms with Crippen molar-refractivity contribution in [2.75, 3.05) is 55.0 Å². The number of benzene rings is 1. The van der Waals surface area contributed by atoms with Crippen LogP contribution >= 0.6 is 12.2 Å². The van der Waals surface area contributed by atoms with Crippen LogP contribution < -0.4 is 25.9 Å². The number of hydrazone groups is 1. The van der Waals surface area contributed by atoms with Crippen LogP contribution in [0.5, 0.6) is 0 Å². The Kier molecular flexibility index (Phi) is 6.19. The van der Waals surface area contributed by atoms with Gasteiger partial charge in [0, 0.05) is 52.2 Å². The highest BCUT2D eigenvalue weighted by Crippen LogP contribution is 2.21. The maximum Gasteiger partial charge on any atom is 0.227 e. The molecule has 1 aliphatic rings. The fourth-order valence-electron chi connectivity index (χ4n) is 2.96. The zero-order valence-corrected chi connectivity index (χ0v) is 16.7. The number of halogens is 1. The monoisotopic (exact) mass is 402 g/mol. The third kappa shape index (κ3) is 4.83. The number of thiocarbonyl (C=S) groups is 1. The van der Waals surface area contributed by atoms with Crippen molar-refractivity contribution in [2.45, 2.75) is 0 Å². The van der Waals surface area contributed by atoms with Crippen molar-refractivity contribution >= 4 is 41.0 Å². The van der Waals surface area contributed by atoms with Crippen molar-refractivity contribution in [3.63, 3.8) is 0 Å². The van der Waals surface area contributed by atoms with Crippen molar-refractivity contribution < 1.29 is 4.39 Å². The molecule has 0 unspecified atom stereocenters. The molecule has 0 bridgehead atoms. The molecule has 148 valence electrons. The van der Waals surface area contributed by atoms with Crippen LogP contribution in [0.1, 0.15) is 5.56 Å². The quantitative estimate of drug-likeness (QED) is 0.438. The fourth-order valence-corrected chi connectivity index (χ4v) is 3.01. The predicted molar refractivity (Wildman–Crippen MR) is 115 cm³/mol. The first kappa shape index (κ1) is 19.7. The molecule has 1 aromatic heterocycles. The number of rotatable bonds is 5. The van der Waals surface area contributed by atoms with Crippen molar-refractivity contribution in [3.8, 4) is 0 Å². The summed E-state index contributed by atoms with van der Waals surface area (Å²) in [5.74, 6) is 1.19. The standard InChI is InChI=1S/C18H23FN8S/c1-25(2)16-13(12-22-24-17(20)28)11-21-18(23-16)27-9-7-26(8-10-27)15-5-3-14(19)4-6-15/h3-6,11-12H,7-10H2,1-2H3,(H3,20,24,28). The van der Waals surface area contributed by atoms with Gasteiger partial charge in [-0.05, 0) is 36.5 Å². The van der Waals surface area contributed by atoms with Crippen LogP contribution in [-0.4, -0.2) is 61.6 Å². The highest BCUT2D eigenvalue weighted by atomic mass is 32.1. The molecule has 3 N–H and O–H groups in total. The first-order valence-electron chi connectivity index (χ1n) is 8.82. The maximum atomic E-state index is 13.1. The van der Waals surface area contributed by atoms with Gasteiger partial charge in [-0.15, -0.1) is 0 Å². The van der Waals surface area contributed by atoms with Gasteiger partial charge in [-0.25, -0.2) is 9.37 Å². The second-order valence-corrected chi connectivity index (χ2v) is 6.97. The van der Waals surface area contributed by atoms with E-state index >= 15 is 0 Å². The fraction of sp³-hybridized carbons (Fsp3) is 0.333. The Hall–Kier alpha value is -3.01. The second-order valence-electron chi connectivity index (χ2n) is 6.53. The highest BCUT2D eigenvalue weighted by molar-refractivity contribution is 7.80. The first-order valence-corrected chi connectivity index (χ1v) is 9.23. The lowest BCUT2D eigenvalue weighted by molar-refractivity contribution is 0.623. The Morgan fingerprint density at radius 3 is 2.46 bits per heavy atom. The summed E-state index contributed by atoms with van der Waals surface area (Å²) in [6.07, 6.45) is 3.32. The number of aromatic nitrogens is 2. The van der Waals surface area contributed by atoms with Crippen LogP contribution in [0, 0.1) is 5.82 Å². The maximum absolute atomic E-state index is 13.1. The molecule has 1 saturated heterocycles. The lowest BCUT2D eigenvalue weighted by Gasteiger charge is -2.36. The van der Waals surface area contributed by atoms with Crippen LogP contribution in [0.15, 0.2) is 35.6 Å². The minimum atomic E-state index is -0.223. The normalized spacial score (nSPS) is 14.4. The van der Waals surface area contributed by atoms with Gasteiger partial charge < -0.3 is 20.4 Å². The van der Waals surface area contributed by atoms with Crippen LogP contribution in [0.3, 0.4) is 0 Å². The van der Waals surface area contributed by atoms with Gasteiger partial charge in [0.25, 0.3) is 0 Å². The van der Waals surface area contributed by atoms with Gasteiger partial charge in [-0.2, -0.15) is 10.1 Å². The van der Waals surface area contributed by atoms with E-state index in [1.807, 2.05) is 19.0 Å². The molecule has 0 radical (unpaired) electrons. The molecule has 0 amide bonds. The van der Waals surface area contributed by atoms with Gasteiger partial charge in [0.05, 0.1) is 11.8 Å². The molecule has 2 aromatic rings. The van der Waals surface area contributed by atoms with E-state index in [0.29, 0.717) is 5.95 Å². The number of nitrogens with two attached hydrogens (primary N) is 1. The van der Waals surface area contributed by atoms with Gasteiger partial charge in [-0.1, -0.05) is 0 Å². The minimum Gasteiger partial charge on any atom is -0.375 e. The number of nitrogens with one attached hydrogen (secondary N) is 1. The van der Waals surface area contributed by atoms with Crippen LogP contribution in [0.2, 0.25) is 0 Å². The number of hydrogen-bond acceptors (Lipinski definition) is 7. The molecule has 1 aliphatic heterocycles. The van der Waals surface area contributed by atoms with Crippen molar-refractivity contribution in [1.29, 1.82) is 0 Å². The largest absolute Gasteiger partial charge is 0.375 e. The molecule has 0 aliphatic carbocycles. The SMILES string of the molecule is CN(C)c1nc(N2CCN(c3ccc(F)cc3)CC2)ncc1C=NNC(N)=S.